The molecule has 1 nitrogen and oxygen atoms in total. The number of anilines is 3. The van der Waals surface area contributed by atoms with Gasteiger partial charge in [-0.2, -0.15) is 0 Å². The largest absolute Gasteiger partial charge is 0.310 e. The van der Waals surface area contributed by atoms with E-state index in [2.05, 4.69) is 248 Å². The Hall–Kier alpha value is -7.48. The summed E-state index contributed by atoms with van der Waals surface area (Å²) in [5, 5.41) is 0. The van der Waals surface area contributed by atoms with Crippen LogP contribution in [0.3, 0.4) is 0 Å². The van der Waals surface area contributed by atoms with Crippen molar-refractivity contribution in [3.8, 4) is 66.8 Å². The highest BCUT2D eigenvalue weighted by molar-refractivity contribution is 5.92. The van der Waals surface area contributed by atoms with Crippen molar-refractivity contribution in [2.75, 3.05) is 4.90 Å². The molecule has 0 saturated heterocycles. The van der Waals surface area contributed by atoms with Crippen molar-refractivity contribution in [1.29, 1.82) is 0 Å². The van der Waals surface area contributed by atoms with Gasteiger partial charge < -0.3 is 4.90 Å². The van der Waals surface area contributed by atoms with Crippen LogP contribution < -0.4 is 4.90 Å². The summed E-state index contributed by atoms with van der Waals surface area (Å²) in [6, 6.07) is 68.1. The van der Waals surface area contributed by atoms with Gasteiger partial charge in [0.1, 0.15) is 0 Å². The second-order valence-corrected chi connectivity index (χ2v) is 22.7. The van der Waals surface area contributed by atoms with Gasteiger partial charge in [0, 0.05) is 33.3 Å². The standard InChI is InChI=1S/C71H63N/c1-9-17-55-54(23-16-24-56(55)53-21-13-10-18-44(53)2)49-29-34-59-62-37-32-52(43-68(62)71(7,8)65(59)40-49)72(50-30-35-60-57-22-14-15-25-63(57)69(3,4)66(60)41-50)51-31-36-61-58-33-28-48(39-64(58)70(5,6)67(61)42-51)47-27-26-45-19-11-12-20-46(45)38-47/h10-11,13-16,18-19,21-43H,9,12,17,20H2,1-8H3. The minimum Gasteiger partial charge on any atom is -0.310 e. The van der Waals surface area contributed by atoms with Crippen LogP contribution in [0.25, 0.3) is 72.8 Å². The van der Waals surface area contributed by atoms with Crippen LogP contribution in [0.2, 0.25) is 0 Å². The highest BCUT2D eigenvalue weighted by Crippen LogP contribution is 2.56. The summed E-state index contributed by atoms with van der Waals surface area (Å²) >= 11 is 0. The fraction of sp³-hybridized carbons (Fsp3) is 0.211. The van der Waals surface area contributed by atoms with Gasteiger partial charge in [0.15, 0.2) is 0 Å². The molecule has 4 aliphatic rings. The second kappa shape index (κ2) is 16.3. The summed E-state index contributed by atoms with van der Waals surface area (Å²) in [5.41, 5.74) is 32.8. The molecule has 0 aromatic heterocycles. The zero-order chi connectivity index (χ0) is 49.3. The van der Waals surface area contributed by atoms with Crippen LogP contribution in [0.5, 0.6) is 0 Å². The van der Waals surface area contributed by atoms with E-state index in [0.29, 0.717) is 0 Å². The average Bonchev–Trinajstić information content (AvgIpc) is 3.87. The molecule has 0 bridgehead atoms. The van der Waals surface area contributed by atoms with Gasteiger partial charge in [-0.3, -0.25) is 0 Å². The lowest BCUT2D eigenvalue weighted by molar-refractivity contribution is 0.659. The number of fused-ring (bicyclic) bond motifs is 10. The fourth-order valence-electron chi connectivity index (χ4n) is 13.5. The first-order valence-electron chi connectivity index (χ1n) is 26.4. The van der Waals surface area contributed by atoms with Crippen molar-refractivity contribution in [2.45, 2.75) is 97.3 Å². The quantitative estimate of drug-likeness (QED) is 0.147. The predicted octanol–water partition coefficient (Wildman–Crippen LogP) is 19.3. The van der Waals surface area contributed by atoms with Crippen LogP contribution in [0.15, 0.2) is 182 Å². The topological polar surface area (TPSA) is 3.24 Å². The molecule has 4 aliphatic carbocycles. The minimum atomic E-state index is -0.226. The van der Waals surface area contributed by atoms with Crippen molar-refractivity contribution in [3.05, 3.63) is 238 Å². The van der Waals surface area contributed by atoms with E-state index in [1.54, 1.807) is 0 Å². The summed E-state index contributed by atoms with van der Waals surface area (Å²) in [7, 11) is 0. The molecular weight excluding hydrogens is 867 g/mol. The van der Waals surface area contributed by atoms with Crippen LogP contribution in [0.4, 0.5) is 17.1 Å². The Morgan fingerprint density at radius 3 is 1.47 bits per heavy atom. The molecular formula is C71H63N. The van der Waals surface area contributed by atoms with Crippen LogP contribution in [-0.4, -0.2) is 0 Å². The number of benzene rings is 9. The third kappa shape index (κ3) is 6.66. The maximum Gasteiger partial charge on any atom is 0.0465 e. The van der Waals surface area contributed by atoms with Gasteiger partial charge in [-0.05, 0) is 197 Å². The molecule has 0 saturated carbocycles. The lowest BCUT2D eigenvalue weighted by Gasteiger charge is -2.31. The van der Waals surface area contributed by atoms with Gasteiger partial charge in [-0.15, -0.1) is 0 Å². The lowest BCUT2D eigenvalue weighted by Crippen LogP contribution is -2.19. The maximum atomic E-state index is 2.55. The fourth-order valence-corrected chi connectivity index (χ4v) is 13.5. The maximum absolute atomic E-state index is 2.55. The van der Waals surface area contributed by atoms with Crippen molar-refractivity contribution in [3.63, 3.8) is 0 Å². The van der Waals surface area contributed by atoms with Crippen molar-refractivity contribution >= 4 is 23.1 Å². The van der Waals surface area contributed by atoms with E-state index in [4.69, 9.17) is 0 Å². The average molecular weight is 930 g/mol. The molecule has 9 aromatic carbocycles. The van der Waals surface area contributed by atoms with Gasteiger partial charge in [0.2, 0.25) is 0 Å². The zero-order valence-corrected chi connectivity index (χ0v) is 43.2. The van der Waals surface area contributed by atoms with Gasteiger partial charge in [-0.25, -0.2) is 0 Å². The molecule has 0 radical (unpaired) electrons. The Morgan fingerprint density at radius 2 is 0.861 bits per heavy atom. The first-order valence-corrected chi connectivity index (χ1v) is 26.4. The third-order valence-electron chi connectivity index (χ3n) is 17.4. The SMILES string of the molecule is CCCc1c(-c2ccc3c(c2)C(C)(C)c2cc(N(c4ccc5c(c4)C(C)(C)c4ccccc4-5)c4ccc5c(c4)C(C)(C)c4cc(-c6ccc7c(c6)CCC=C7)ccc4-5)ccc2-3)cccc1-c1ccccc1C. The molecule has 0 N–H and O–H groups in total. The highest BCUT2D eigenvalue weighted by Gasteiger charge is 2.40. The summed E-state index contributed by atoms with van der Waals surface area (Å²) in [4.78, 5) is 2.55. The summed E-state index contributed by atoms with van der Waals surface area (Å²) in [6.07, 6.45) is 8.92. The predicted molar refractivity (Wildman–Crippen MR) is 306 cm³/mol. The Morgan fingerprint density at radius 1 is 0.403 bits per heavy atom. The number of hydrogen-bond donors (Lipinski definition) is 0. The highest BCUT2D eigenvalue weighted by atomic mass is 15.1. The zero-order valence-electron chi connectivity index (χ0n) is 43.2. The second-order valence-electron chi connectivity index (χ2n) is 22.7. The van der Waals surface area contributed by atoms with Crippen molar-refractivity contribution < 1.29 is 0 Å². The van der Waals surface area contributed by atoms with E-state index >= 15 is 0 Å². The smallest absolute Gasteiger partial charge is 0.0465 e. The number of rotatable bonds is 8. The molecule has 0 spiro atoms. The van der Waals surface area contributed by atoms with E-state index in [1.165, 1.54) is 139 Å². The van der Waals surface area contributed by atoms with Crippen molar-refractivity contribution in [2.24, 2.45) is 0 Å². The molecule has 13 rings (SSSR count). The summed E-state index contributed by atoms with van der Waals surface area (Å²) in [6.45, 7) is 19.1. The molecule has 9 aromatic rings. The van der Waals surface area contributed by atoms with Gasteiger partial charge >= 0.3 is 0 Å². The Bertz CT molecular complexity index is 3760. The molecule has 0 amide bonds. The number of nitrogens with zero attached hydrogens (tertiary/aromatic N) is 1. The van der Waals surface area contributed by atoms with E-state index in [1.807, 2.05) is 0 Å². The van der Waals surface area contributed by atoms with Gasteiger partial charge in [-0.1, -0.05) is 194 Å². The number of allylic oxidation sites excluding steroid dienone is 1. The van der Waals surface area contributed by atoms with Crippen LogP contribution in [-0.2, 0) is 29.1 Å². The van der Waals surface area contributed by atoms with Crippen LogP contribution in [0, 0.1) is 6.92 Å². The Labute approximate surface area is 427 Å². The Kier molecular flexibility index (Phi) is 10.0. The van der Waals surface area contributed by atoms with Crippen molar-refractivity contribution in [1.82, 2.24) is 0 Å². The molecule has 0 unspecified atom stereocenters. The van der Waals surface area contributed by atoms with Gasteiger partial charge in [0.25, 0.3) is 0 Å². The van der Waals surface area contributed by atoms with Crippen LogP contribution in [0.1, 0.15) is 117 Å². The summed E-state index contributed by atoms with van der Waals surface area (Å²) < 4.78 is 0. The minimum absolute atomic E-state index is 0.128. The van der Waals surface area contributed by atoms with E-state index < -0.39 is 0 Å². The molecule has 352 valence electrons. The number of hydrogen-bond acceptors (Lipinski definition) is 1. The van der Waals surface area contributed by atoms with Gasteiger partial charge in [0.05, 0.1) is 0 Å². The molecule has 72 heavy (non-hydrogen) atoms. The normalized spacial score (nSPS) is 15.5. The third-order valence-corrected chi connectivity index (χ3v) is 17.4. The first kappa shape index (κ1) is 44.5. The van der Waals surface area contributed by atoms with E-state index in [-0.39, 0.29) is 16.2 Å². The molecule has 1 heteroatoms. The summed E-state index contributed by atoms with van der Waals surface area (Å²) in [5.74, 6) is 0. The van der Waals surface area contributed by atoms with E-state index in [0.717, 1.165) is 25.7 Å². The Balaban J connectivity index is 0.923. The lowest BCUT2D eigenvalue weighted by atomic mass is 9.80. The monoisotopic (exact) mass is 929 g/mol. The molecule has 0 fully saturated rings. The molecule has 0 heterocycles. The first-order chi connectivity index (χ1) is 34.8. The van der Waals surface area contributed by atoms with E-state index in [9.17, 15) is 0 Å². The molecule has 0 atom stereocenters. The molecule has 0 aliphatic heterocycles. The number of aryl methyl sites for hydroxylation is 2. The van der Waals surface area contributed by atoms with Crippen LogP contribution >= 0.6 is 0 Å².